The van der Waals surface area contributed by atoms with E-state index >= 15 is 0 Å². The van der Waals surface area contributed by atoms with E-state index in [9.17, 15) is 0 Å². The summed E-state index contributed by atoms with van der Waals surface area (Å²) in [5.41, 5.74) is 0. The first-order valence-electron chi connectivity index (χ1n) is 5.41. The summed E-state index contributed by atoms with van der Waals surface area (Å²) in [5.74, 6) is 1.60. The van der Waals surface area contributed by atoms with Gasteiger partial charge in [-0.15, -0.1) is 11.3 Å². The van der Waals surface area contributed by atoms with Crippen molar-refractivity contribution < 1.29 is 0 Å². The maximum atomic E-state index is 8.48. The molecular formula is C12H17NS2. The van der Waals surface area contributed by atoms with Gasteiger partial charge in [0.2, 0.25) is 0 Å². The number of hydrogen-bond donors (Lipinski definition) is 0. The number of hydrogen-bond acceptors (Lipinski definition) is 3. The van der Waals surface area contributed by atoms with Crippen molar-refractivity contribution in [3.8, 4) is 5.40 Å². The minimum atomic E-state index is 0.649. The number of thioether (sulfide) groups is 1. The van der Waals surface area contributed by atoms with E-state index in [1.165, 1.54) is 27.9 Å². The van der Waals surface area contributed by atoms with E-state index in [1.54, 1.807) is 0 Å². The molecule has 0 amide bonds. The van der Waals surface area contributed by atoms with Crippen molar-refractivity contribution in [1.82, 2.24) is 0 Å². The first-order valence-corrected chi connectivity index (χ1v) is 7.21. The van der Waals surface area contributed by atoms with Crippen LogP contribution in [0.5, 0.6) is 0 Å². The Morgan fingerprint density at radius 2 is 2.27 bits per heavy atom. The van der Waals surface area contributed by atoms with Crippen molar-refractivity contribution in [3.63, 3.8) is 0 Å². The van der Waals surface area contributed by atoms with E-state index in [0.717, 1.165) is 18.6 Å². The second-order valence-corrected chi connectivity index (χ2v) is 5.57. The van der Waals surface area contributed by atoms with Gasteiger partial charge >= 0.3 is 0 Å². The van der Waals surface area contributed by atoms with Gasteiger partial charge in [-0.25, -0.2) is 0 Å². The number of nitrogens with zero attached hydrogens (tertiary/aromatic N) is 1. The van der Waals surface area contributed by atoms with Crippen LogP contribution in [-0.4, -0.2) is 5.75 Å². The number of thiocyanates is 1. The molecule has 1 aromatic rings. The molecule has 0 aliphatic carbocycles. The van der Waals surface area contributed by atoms with Gasteiger partial charge in [0, 0.05) is 15.5 Å². The molecule has 82 valence electrons. The second-order valence-electron chi connectivity index (χ2n) is 3.49. The van der Waals surface area contributed by atoms with Crippen LogP contribution in [0.3, 0.4) is 0 Å². The molecule has 0 radical (unpaired) electrons. The van der Waals surface area contributed by atoms with Crippen molar-refractivity contribution in [1.29, 1.82) is 5.26 Å². The molecule has 1 heterocycles. The van der Waals surface area contributed by atoms with Crippen LogP contribution in [0.25, 0.3) is 0 Å². The molecule has 0 saturated carbocycles. The molecule has 1 aromatic heterocycles. The van der Waals surface area contributed by atoms with Gasteiger partial charge in [-0.3, -0.25) is 0 Å². The van der Waals surface area contributed by atoms with E-state index in [0.29, 0.717) is 5.92 Å². The van der Waals surface area contributed by atoms with Gasteiger partial charge in [-0.2, -0.15) is 5.26 Å². The van der Waals surface area contributed by atoms with Gasteiger partial charge in [0.25, 0.3) is 0 Å². The van der Waals surface area contributed by atoms with Gasteiger partial charge in [0.1, 0.15) is 5.40 Å². The Morgan fingerprint density at radius 1 is 1.47 bits per heavy atom. The molecule has 0 fully saturated rings. The lowest BCUT2D eigenvalue weighted by molar-refractivity contribution is 0.659. The third-order valence-corrected chi connectivity index (χ3v) is 4.52. The van der Waals surface area contributed by atoms with Gasteiger partial charge in [0.15, 0.2) is 0 Å². The molecule has 0 saturated heterocycles. The minimum absolute atomic E-state index is 0.649. The van der Waals surface area contributed by atoms with E-state index < -0.39 is 0 Å². The Bertz CT molecular complexity index is 325. The summed E-state index contributed by atoms with van der Waals surface area (Å²) in [6.45, 7) is 4.43. The largest absolute Gasteiger partial charge is 0.185 e. The summed E-state index contributed by atoms with van der Waals surface area (Å²) >= 11 is 3.30. The van der Waals surface area contributed by atoms with Crippen LogP contribution in [0.1, 0.15) is 42.4 Å². The molecule has 1 nitrogen and oxygen atoms in total. The first kappa shape index (κ1) is 12.6. The maximum Gasteiger partial charge on any atom is 0.133 e. The third kappa shape index (κ3) is 3.89. The van der Waals surface area contributed by atoms with Crippen molar-refractivity contribution in [3.05, 3.63) is 21.9 Å². The lowest BCUT2D eigenvalue weighted by Gasteiger charge is -2.10. The molecule has 0 aromatic carbocycles. The number of thiophene rings is 1. The highest BCUT2D eigenvalue weighted by Crippen LogP contribution is 2.30. The molecule has 1 unspecified atom stereocenters. The third-order valence-electron chi connectivity index (χ3n) is 2.56. The minimum Gasteiger partial charge on any atom is -0.185 e. The summed E-state index contributed by atoms with van der Waals surface area (Å²) in [5, 5.41) is 10.6. The van der Waals surface area contributed by atoms with Crippen molar-refractivity contribution >= 4 is 23.1 Å². The summed E-state index contributed by atoms with van der Waals surface area (Å²) in [7, 11) is 0. The number of nitriles is 1. The first-order chi connectivity index (χ1) is 7.31. The molecule has 1 rings (SSSR count). The van der Waals surface area contributed by atoms with Crippen molar-refractivity contribution in [2.45, 2.75) is 39.0 Å². The molecule has 0 spiro atoms. The zero-order valence-corrected chi connectivity index (χ0v) is 11.0. The molecule has 0 N–H and O–H groups in total. The van der Waals surface area contributed by atoms with Crippen LogP contribution in [0.15, 0.2) is 12.1 Å². The highest BCUT2D eigenvalue weighted by molar-refractivity contribution is 8.03. The normalized spacial score (nSPS) is 12.3. The summed E-state index contributed by atoms with van der Waals surface area (Å²) in [6, 6.07) is 4.49. The Morgan fingerprint density at radius 3 is 2.80 bits per heavy atom. The molecule has 1 atom stereocenters. The van der Waals surface area contributed by atoms with E-state index in [-0.39, 0.29) is 0 Å². The Kier molecular flexibility index (Phi) is 5.82. The second kappa shape index (κ2) is 6.92. The zero-order valence-electron chi connectivity index (χ0n) is 9.32. The number of rotatable bonds is 6. The Labute approximate surface area is 101 Å². The predicted molar refractivity (Wildman–Crippen MR) is 69.4 cm³/mol. The fourth-order valence-electron chi connectivity index (χ4n) is 1.60. The topological polar surface area (TPSA) is 23.8 Å². The number of aryl methyl sites for hydroxylation is 1. The highest BCUT2D eigenvalue weighted by Gasteiger charge is 2.11. The lowest BCUT2D eigenvalue weighted by atomic mass is 10.0. The smallest absolute Gasteiger partial charge is 0.133 e. The van der Waals surface area contributed by atoms with Gasteiger partial charge < -0.3 is 0 Å². The monoisotopic (exact) mass is 239 g/mol. The van der Waals surface area contributed by atoms with Crippen LogP contribution in [0.2, 0.25) is 0 Å². The lowest BCUT2D eigenvalue weighted by Crippen LogP contribution is -1.95. The molecule has 0 aliphatic heterocycles. The van der Waals surface area contributed by atoms with E-state index in [1.807, 2.05) is 11.3 Å². The Hall–Kier alpha value is -0.460. The van der Waals surface area contributed by atoms with Crippen LogP contribution < -0.4 is 0 Å². The van der Waals surface area contributed by atoms with Crippen LogP contribution in [-0.2, 0) is 6.42 Å². The van der Waals surface area contributed by atoms with Crippen molar-refractivity contribution in [2.75, 3.05) is 5.75 Å². The van der Waals surface area contributed by atoms with E-state index in [2.05, 4.69) is 31.4 Å². The predicted octanol–water partition coefficient (Wildman–Crippen LogP) is 4.41. The Balaban J connectivity index is 2.54. The molecule has 0 aliphatic rings. The molecule has 3 heteroatoms. The van der Waals surface area contributed by atoms with Gasteiger partial charge in [0.05, 0.1) is 0 Å². The van der Waals surface area contributed by atoms with Gasteiger partial charge in [-0.05, 0) is 49.1 Å². The van der Waals surface area contributed by atoms with Crippen molar-refractivity contribution in [2.24, 2.45) is 0 Å². The zero-order chi connectivity index (χ0) is 11.1. The fourth-order valence-corrected chi connectivity index (χ4v) is 3.26. The average Bonchev–Trinajstić information content (AvgIpc) is 2.73. The molecule has 15 heavy (non-hydrogen) atoms. The summed E-state index contributed by atoms with van der Waals surface area (Å²) in [6.07, 6.45) is 3.43. The quantitative estimate of drug-likeness (QED) is 0.542. The van der Waals surface area contributed by atoms with E-state index in [4.69, 9.17) is 5.26 Å². The summed E-state index contributed by atoms with van der Waals surface area (Å²) in [4.78, 5) is 2.96. The summed E-state index contributed by atoms with van der Waals surface area (Å²) < 4.78 is 0. The van der Waals surface area contributed by atoms with Crippen LogP contribution in [0.4, 0.5) is 0 Å². The standard InChI is InChI=1S/C12H17NS2/c1-3-10(7-8-14-9-13)12-6-5-11(4-2)15-12/h5-6,10H,3-4,7-8H2,1-2H3. The SMILES string of the molecule is CCc1ccc(C(CC)CCSC#N)s1. The average molecular weight is 239 g/mol. The van der Waals surface area contributed by atoms with Crippen LogP contribution >= 0.6 is 23.1 Å². The fraction of sp³-hybridized carbons (Fsp3) is 0.583. The highest BCUT2D eigenvalue weighted by atomic mass is 32.2. The van der Waals surface area contributed by atoms with Crippen LogP contribution in [0, 0.1) is 10.7 Å². The van der Waals surface area contributed by atoms with Gasteiger partial charge in [-0.1, -0.05) is 13.8 Å². The molecule has 0 bridgehead atoms. The maximum absolute atomic E-state index is 8.48. The molecular weight excluding hydrogens is 222 g/mol.